The van der Waals surface area contributed by atoms with E-state index >= 15 is 0 Å². The van der Waals surface area contributed by atoms with Gasteiger partial charge in [0, 0.05) is 17.7 Å². The van der Waals surface area contributed by atoms with Crippen molar-refractivity contribution in [1.29, 1.82) is 0 Å². The van der Waals surface area contributed by atoms with Crippen molar-refractivity contribution in [2.45, 2.75) is 40.4 Å². The summed E-state index contributed by atoms with van der Waals surface area (Å²) in [4.78, 5) is 16.2. The number of thiazole rings is 1. The Hall–Kier alpha value is -0.550. The molecule has 114 valence electrons. The molecule has 0 spiro atoms. The van der Waals surface area contributed by atoms with Crippen LogP contribution in [0.2, 0.25) is 0 Å². The Labute approximate surface area is 131 Å². The predicted octanol–water partition coefficient (Wildman–Crippen LogP) is 3.73. The molecule has 0 bridgehead atoms. The number of aromatic nitrogens is 1. The number of nitrogens with zero attached hydrogens (tertiary/aromatic N) is 1. The summed E-state index contributed by atoms with van der Waals surface area (Å²) in [5, 5.41) is 6.21. The van der Waals surface area contributed by atoms with Crippen molar-refractivity contribution >= 4 is 29.0 Å². The molecule has 5 heteroatoms. The first kappa shape index (κ1) is 17.5. The molecule has 0 unspecified atom stereocenters. The van der Waals surface area contributed by atoms with Crippen LogP contribution in [0, 0.1) is 24.7 Å². The smallest absolute Gasteiger partial charge is 0.230 e. The highest BCUT2D eigenvalue weighted by Gasteiger charge is 2.18. The minimum Gasteiger partial charge on any atom is -0.355 e. The lowest BCUT2D eigenvalue weighted by molar-refractivity contribution is -0.118. The molecule has 1 aromatic rings. The molecule has 1 aromatic heterocycles. The predicted molar refractivity (Wildman–Crippen MR) is 89.2 cm³/mol. The SMILES string of the molecule is Cc1nc(CSCC(=O)NCC(C(C)C)C(C)C)cs1. The van der Waals surface area contributed by atoms with Crippen LogP contribution in [0.25, 0.3) is 0 Å². The molecule has 1 amide bonds. The van der Waals surface area contributed by atoms with Crippen LogP contribution in [0.3, 0.4) is 0 Å². The van der Waals surface area contributed by atoms with E-state index in [0.717, 1.165) is 23.0 Å². The zero-order valence-electron chi connectivity index (χ0n) is 13.1. The van der Waals surface area contributed by atoms with Crippen molar-refractivity contribution in [3.8, 4) is 0 Å². The van der Waals surface area contributed by atoms with Crippen LogP contribution >= 0.6 is 23.1 Å². The van der Waals surface area contributed by atoms with Gasteiger partial charge in [0.15, 0.2) is 0 Å². The Kier molecular flexibility index (Phi) is 7.59. The molecule has 0 fully saturated rings. The standard InChI is InChI=1S/C15H26N2OS2/c1-10(2)14(11(3)4)6-16-15(18)9-19-7-13-8-20-12(5)17-13/h8,10-11,14H,6-7,9H2,1-5H3,(H,16,18). The van der Waals surface area contributed by atoms with E-state index in [4.69, 9.17) is 0 Å². The van der Waals surface area contributed by atoms with Gasteiger partial charge in [-0.1, -0.05) is 27.7 Å². The molecule has 1 rings (SSSR count). The second-order valence-corrected chi connectivity index (χ2v) is 7.85. The minimum atomic E-state index is 0.133. The first-order chi connectivity index (χ1) is 9.40. The maximum Gasteiger partial charge on any atom is 0.230 e. The number of aryl methyl sites for hydroxylation is 1. The molecule has 0 radical (unpaired) electrons. The number of carbonyl (C=O) groups excluding carboxylic acids is 1. The number of amides is 1. The molecular formula is C15H26N2OS2. The first-order valence-electron chi connectivity index (χ1n) is 7.15. The van der Waals surface area contributed by atoms with E-state index < -0.39 is 0 Å². The van der Waals surface area contributed by atoms with Crippen molar-refractivity contribution in [2.75, 3.05) is 12.3 Å². The molecule has 0 saturated carbocycles. The fourth-order valence-electron chi connectivity index (χ4n) is 2.25. The quantitative estimate of drug-likeness (QED) is 0.795. The van der Waals surface area contributed by atoms with Gasteiger partial charge in [-0.05, 0) is 24.7 Å². The number of nitrogens with one attached hydrogen (secondary N) is 1. The van der Waals surface area contributed by atoms with Gasteiger partial charge in [-0.25, -0.2) is 4.98 Å². The molecule has 0 atom stereocenters. The minimum absolute atomic E-state index is 0.133. The Morgan fingerprint density at radius 1 is 1.35 bits per heavy atom. The summed E-state index contributed by atoms with van der Waals surface area (Å²) < 4.78 is 0. The summed E-state index contributed by atoms with van der Waals surface area (Å²) in [6.07, 6.45) is 0. The second kappa shape index (κ2) is 8.67. The third kappa shape index (κ3) is 6.27. The Balaban J connectivity index is 2.23. The molecule has 20 heavy (non-hydrogen) atoms. The van der Waals surface area contributed by atoms with Gasteiger partial charge in [0.1, 0.15) is 0 Å². The van der Waals surface area contributed by atoms with Crippen LogP contribution in [-0.2, 0) is 10.5 Å². The lowest BCUT2D eigenvalue weighted by Gasteiger charge is -2.25. The lowest BCUT2D eigenvalue weighted by Crippen LogP contribution is -2.34. The highest BCUT2D eigenvalue weighted by molar-refractivity contribution is 7.99. The van der Waals surface area contributed by atoms with Gasteiger partial charge in [-0.3, -0.25) is 4.79 Å². The highest BCUT2D eigenvalue weighted by atomic mass is 32.2. The number of rotatable bonds is 8. The van der Waals surface area contributed by atoms with Crippen LogP contribution in [0.15, 0.2) is 5.38 Å². The van der Waals surface area contributed by atoms with Crippen LogP contribution in [0.1, 0.15) is 38.4 Å². The molecule has 0 aromatic carbocycles. The molecule has 1 N–H and O–H groups in total. The monoisotopic (exact) mass is 314 g/mol. The van der Waals surface area contributed by atoms with E-state index in [1.165, 1.54) is 0 Å². The van der Waals surface area contributed by atoms with Gasteiger partial charge in [-0.2, -0.15) is 0 Å². The van der Waals surface area contributed by atoms with Gasteiger partial charge >= 0.3 is 0 Å². The lowest BCUT2D eigenvalue weighted by atomic mass is 9.85. The molecule has 0 saturated heterocycles. The fraction of sp³-hybridized carbons (Fsp3) is 0.733. The van der Waals surface area contributed by atoms with Crippen LogP contribution in [0.4, 0.5) is 0 Å². The summed E-state index contributed by atoms with van der Waals surface area (Å²) in [5.74, 6) is 3.20. The maximum atomic E-state index is 11.8. The summed E-state index contributed by atoms with van der Waals surface area (Å²) in [7, 11) is 0. The molecular weight excluding hydrogens is 288 g/mol. The summed E-state index contributed by atoms with van der Waals surface area (Å²) in [5.41, 5.74) is 1.08. The average molecular weight is 315 g/mol. The van der Waals surface area contributed by atoms with Crippen LogP contribution < -0.4 is 5.32 Å². The molecule has 1 heterocycles. The topological polar surface area (TPSA) is 42.0 Å². The van der Waals surface area contributed by atoms with E-state index in [1.54, 1.807) is 23.1 Å². The van der Waals surface area contributed by atoms with Crippen molar-refractivity contribution < 1.29 is 4.79 Å². The molecule has 0 aliphatic carbocycles. The molecule has 0 aliphatic heterocycles. The van der Waals surface area contributed by atoms with Gasteiger partial charge in [-0.15, -0.1) is 23.1 Å². The molecule has 0 aliphatic rings. The summed E-state index contributed by atoms with van der Waals surface area (Å²) in [6, 6.07) is 0. The number of carbonyl (C=O) groups is 1. The Morgan fingerprint density at radius 2 is 2.00 bits per heavy atom. The van der Waals surface area contributed by atoms with E-state index in [9.17, 15) is 4.79 Å². The van der Waals surface area contributed by atoms with Crippen molar-refractivity contribution in [3.63, 3.8) is 0 Å². The maximum absolute atomic E-state index is 11.8. The molecule has 3 nitrogen and oxygen atoms in total. The summed E-state index contributed by atoms with van der Waals surface area (Å²) in [6.45, 7) is 11.7. The van der Waals surface area contributed by atoms with Crippen LogP contribution in [0.5, 0.6) is 0 Å². The number of hydrogen-bond acceptors (Lipinski definition) is 4. The Morgan fingerprint density at radius 3 is 2.50 bits per heavy atom. The third-order valence-electron chi connectivity index (χ3n) is 3.40. The van der Waals surface area contributed by atoms with E-state index in [-0.39, 0.29) is 5.91 Å². The number of hydrogen-bond donors (Lipinski definition) is 1. The van der Waals surface area contributed by atoms with Gasteiger partial charge < -0.3 is 5.32 Å². The highest BCUT2D eigenvalue weighted by Crippen LogP contribution is 2.19. The Bertz CT molecular complexity index is 408. The third-order valence-corrected chi connectivity index (χ3v) is 5.19. The van der Waals surface area contributed by atoms with Crippen molar-refractivity contribution in [2.24, 2.45) is 17.8 Å². The summed E-state index contributed by atoms with van der Waals surface area (Å²) >= 11 is 3.29. The average Bonchev–Trinajstić information content (AvgIpc) is 2.74. The van der Waals surface area contributed by atoms with Gasteiger partial charge in [0.05, 0.1) is 16.5 Å². The zero-order valence-corrected chi connectivity index (χ0v) is 14.7. The normalized spacial score (nSPS) is 11.6. The van der Waals surface area contributed by atoms with Gasteiger partial charge in [0.2, 0.25) is 5.91 Å². The van der Waals surface area contributed by atoms with Crippen molar-refractivity contribution in [3.05, 3.63) is 16.1 Å². The van der Waals surface area contributed by atoms with E-state index in [2.05, 4.69) is 43.4 Å². The van der Waals surface area contributed by atoms with E-state index in [0.29, 0.717) is 23.5 Å². The largest absolute Gasteiger partial charge is 0.355 e. The first-order valence-corrected chi connectivity index (χ1v) is 9.19. The van der Waals surface area contributed by atoms with E-state index in [1.807, 2.05) is 6.92 Å². The van der Waals surface area contributed by atoms with Crippen LogP contribution in [-0.4, -0.2) is 23.2 Å². The van der Waals surface area contributed by atoms with Gasteiger partial charge in [0.25, 0.3) is 0 Å². The second-order valence-electron chi connectivity index (χ2n) is 5.81. The fourth-order valence-corrected chi connectivity index (χ4v) is 3.71. The zero-order chi connectivity index (χ0) is 15.1. The van der Waals surface area contributed by atoms with Crippen molar-refractivity contribution in [1.82, 2.24) is 10.3 Å². The number of thioether (sulfide) groups is 1.